The lowest BCUT2D eigenvalue weighted by Crippen LogP contribution is -2.30. The van der Waals surface area contributed by atoms with Gasteiger partial charge in [-0.2, -0.15) is 0 Å². The van der Waals surface area contributed by atoms with Gasteiger partial charge in [0, 0.05) is 24.5 Å². The topological polar surface area (TPSA) is 78.9 Å². The molecule has 2 N–H and O–H groups in total. The van der Waals surface area contributed by atoms with Crippen molar-refractivity contribution < 1.29 is 19.4 Å². The first-order valence-electron chi connectivity index (χ1n) is 9.19. The van der Waals surface area contributed by atoms with Crippen LogP contribution in [0.25, 0.3) is 0 Å². The van der Waals surface area contributed by atoms with Gasteiger partial charge < -0.3 is 20.1 Å². The summed E-state index contributed by atoms with van der Waals surface area (Å²) in [6.45, 7) is 3.65. The quantitative estimate of drug-likeness (QED) is 0.789. The van der Waals surface area contributed by atoms with E-state index in [2.05, 4.69) is 10.2 Å². The van der Waals surface area contributed by atoms with Crippen molar-refractivity contribution >= 4 is 23.3 Å². The molecule has 1 heterocycles. The molecular weight excluding hydrogens is 344 g/mol. The third kappa shape index (κ3) is 5.00. The van der Waals surface area contributed by atoms with Crippen molar-refractivity contribution in [1.82, 2.24) is 0 Å². The summed E-state index contributed by atoms with van der Waals surface area (Å²) in [7, 11) is 0. The highest BCUT2D eigenvalue weighted by Crippen LogP contribution is 2.22. The van der Waals surface area contributed by atoms with E-state index in [1.807, 2.05) is 24.3 Å². The van der Waals surface area contributed by atoms with Crippen LogP contribution < -0.4 is 10.2 Å². The maximum atomic E-state index is 12.3. The number of nitrogens with one attached hydrogen (secondary N) is 1. The Morgan fingerprint density at radius 1 is 1.00 bits per heavy atom. The van der Waals surface area contributed by atoms with Crippen molar-refractivity contribution in [2.45, 2.75) is 32.3 Å². The minimum absolute atomic E-state index is 0.0605. The minimum Gasteiger partial charge on any atom is -0.508 e. The fourth-order valence-corrected chi connectivity index (χ4v) is 3.03. The number of hydrogen-bond donors (Lipinski definition) is 2. The Labute approximate surface area is 158 Å². The largest absolute Gasteiger partial charge is 0.508 e. The van der Waals surface area contributed by atoms with E-state index in [0.717, 1.165) is 18.8 Å². The van der Waals surface area contributed by atoms with Crippen LogP contribution in [0, 0.1) is 0 Å². The number of rotatable bonds is 5. The van der Waals surface area contributed by atoms with Gasteiger partial charge in [-0.3, -0.25) is 4.79 Å². The first kappa shape index (κ1) is 18.8. The number of aromatic hydroxyl groups is 1. The number of phenolic OH excluding ortho intramolecular Hbond substituents is 1. The molecule has 1 amide bonds. The molecule has 1 saturated heterocycles. The highest BCUT2D eigenvalue weighted by molar-refractivity contribution is 5.97. The van der Waals surface area contributed by atoms with E-state index in [0.29, 0.717) is 5.69 Å². The molecule has 0 aromatic heterocycles. The number of carbonyl (C=O) groups is 2. The Morgan fingerprint density at radius 2 is 1.63 bits per heavy atom. The molecule has 2 aromatic rings. The summed E-state index contributed by atoms with van der Waals surface area (Å²) in [6.07, 6.45) is 2.77. The highest BCUT2D eigenvalue weighted by atomic mass is 16.5. The number of phenols is 1. The molecule has 0 unspecified atom stereocenters. The number of nitrogens with zero attached hydrogens (tertiary/aromatic N) is 1. The predicted octanol–water partition coefficient (Wildman–Crippen LogP) is 3.57. The lowest BCUT2D eigenvalue weighted by molar-refractivity contribution is -0.123. The van der Waals surface area contributed by atoms with Crippen LogP contribution in [0.1, 0.15) is 36.5 Å². The number of esters is 1. The standard InChI is InChI=1S/C21H24N2O4/c1-15(27-21(26)16-5-11-19(24)12-6-16)20(25)22-17-7-9-18(10-8-17)23-13-3-2-4-14-23/h5-12,15,24H,2-4,13-14H2,1H3,(H,22,25)/t15-/m0/s1. The zero-order chi connectivity index (χ0) is 19.2. The second-order valence-corrected chi connectivity index (χ2v) is 6.68. The van der Waals surface area contributed by atoms with Crippen LogP contribution in [0.4, 0.5) is 11.4 Å². The number of amides is 1. The molecule has 1 atom stereocenters. The first-order valence-corrected chi connectivity index (χ1v) is 9.19. The summed E-state index contributed by atoms with van der Waals surface area (Å²) in [5.41, 5.74) is 2.09. The second-order valence-electron chi connectivity index (χ2n) is 6.68. The molecule has 3 rings (SSSR count). The maximum absolute atomic E-state index is 12.3. The molecule has 0 radical (unpaired) electrons. The summed E-state index contributed by atoms with van der Waals surface area (Å²) in [5, 5.41) is 12.0. The van der Waals surface area contributed by atoms with Crippen LogP contribution in [0.3, 0.4) is 0 Å². The molecule has 27 heavy (non-hydrogen) atoms. The number of anilines is 2. The van der Waals surface area contributed by atoms with Gasteiger partial charge in [0.2, 0.25) is 0 Å². The Morgan fingerprint density at radius 3 is 2.26 bits per heavy atom. The van der Waals surface area contributed by atoms with Gasteiger partial charge in [0.1, 0.15) is 5.75 Å². The summed E-state index contributed by atoms with van der Waals surface area (Å²) in [6, 6.07) is 13.4. The van der Waals surface area contributed by atoms with Crippen molar-refractivity contribution in [3.05, 3.63) is 54.1 Å². The van der Waals surface area contributed by atoms with Crippen molar-refractivity contribution in [1.29, 1.82) is 0 Å². The third-order valence-electron chi connectivity index (χ3n) is 4.61. The summed E-state index contributed by atoms with van der Waals surface area (Å²) in [4.78, 5) is 26.7. The molecule has 0 bridgehead atoms. The number of benzene rings is 2. The van der Waals surface area contributed by atoms with Crippen LogP contribution in [0.15, 0.2) is 48.5 Å². The van der Waals surface area contributed by atoms with Crippen molar-refractivity contribution in [2.24, 2.45) is 0 Å². The Kier molecular flexibility index (Phi) is 5.96. The third-order valence-corrected chi connectivity index (χ3v) is 4.61. The van der Waals surface area contributed by atoms with E-state index in [9.17, 15) is 14.7 Å². The first-order chi connectivity index (χ1) is 13.0. The summed E-state index contributed by atoms with van der Waals surface area (Å²) < 4.78 is 5.19. The lowest BCUT2D eigenvalue weighted by atomic mass is 10.1. The number of ether oxygens (including phenoxy) is 1. The van der Waals surface area contributed by atoms with Gasteiger partial charge in [-0.05, 0) is 74.7 Å². The molecule has 6 nitrogen and oxygen atoms in total. The maximum Gasteiger partial charge on any atom is 0.338 e. The summed E-state index contributed by atoms with van der Waals surface area (Å²) in [5.74, 6) is -0.948. The predicted molar refractivity (Wildman–Crippen MR) is 104 cm³/mol. The van der Waals surface area contributed by atoms with E-state index in [-0.39, 0.29) is 11.3 Å². The lowest BCUT2D eigenvalue weighted by Gasteiger charge is -2.28. The van der Waals surface area contributed by atoms with Crippen molar-refractivity contribution in [2.75, 3.05) is 23.3 Å². The van der Waals surface area contributed by atoms with Crippen LogP contribution in [0.2, 0.25) is 0 Å². The molecule has 142 valence electrons. The van der Waals surface area contributed by atoms with E-state index in [4.69, 9.17) is 4.74 Å². The number of piperidine rings is 1. The SMILES string of the molecule is C[C@H](OC(=O)c1ccc(O)cc1)C(=O)Nc1ccc(N2CCCCC2)cc1. The number of carbonyl (C=O) groups excluding carboxylic acids is 2. The van der Waals surface area contributed by atoms with Gasteiger partial charge in [0.05, 0.1) is 5.56 Å². The second kappa shape index (κ2) is 8.58. The van der Waals surface area contributed by atoms with Gasteiger partial charge in [-0.15, -0.1) is 0 Å². The van der Waals surface area contributed by atoms with Crippen LogP contribution in [-0.4, -0.2) is 36.2 Å². The minimum atomic E-state index is -0.937. The molecule has 2 aromatic carbocycles. The van der Waals surface area contributed by atoms with Gasteiger partial charge >= 0.3 is 5.97 Å². The van der Waals surface area contributed by atoms with Gasteiger partial charge in [0.25, 0.3) is 5.91 Å². The average molecular weight is 368 g/mol. The van der Waals surface area contributed by atoms with Crippen LogP contribution in [-0.2, 0) is 9.53 Å². The Bertz CT molecular complexity index is 781. The highest BCUT2D eigenvalue weighted by Gasteiger charge is 2.19. The zero-order valence-corrected chi connectivity index (χ0v) is 15.4. The molecule has 1 aliphatic rings. The fourth-order valence-electron chi connectivity index (χ4n) is 3.03. The fraction of sp³-hybridized carbons (Fsp3) is 0.333. The van der Waals surface area contributed by atoms with E-state index in [1.54, 1.807) is 0 Å². The molecule has 0 saturated carbocycles. The van der Waals surface area contributed by atoms with Crippen molar-refractivity contribution in [3.63, 3.8) is 0 Å². The van der Waals surface area contributed by atoms with Crippen LogP contribution in [0.5, 0.6) is 5.75 Å². The van der Waals surface area contributed by atoms with E-state index < -0.39 is 18.0 Å². The molecule has 0 spiro atoms. The van der Waals surface area contributed by atoms with Crippen molar-refractivity contribution in [3.8, 4) is 5.75 Å². The van der Waals surface area contributed by atoms with Gasteiger partial charge in [-0.25, -0.2) is 4.79 Å². The smallest absolute Gasteiger partial charge is 0.338 e. The normalized spacial score (nSPS) is 15.1. The molecule has 6 heteroatoms. The number of hydrogen-bond acceptors (Lipinski definition) is 5. The van der Waals surface area contributed by atoms with E-state index in [1.165, 1.54) is 50.5 Å². The Hall–Kier alpha value is -3.02. The summed E-state index contributed by atoms with van der Waals surface area (Å²) >= 11 is 0. The molecular formula is C21H24N2O4. The Balaban J connectivity index is 1.54. The molecule has 1 fully saturated rings. The average Bonchev–Trinajstić information content (AvgIpc) is 2.69. The molecule has 1 aliphatic heterocycles. The zero-order valence-electron chi connectivity index (χ0n) is 15.4. The van der Waals surface area contributed by atoms with E-state index >= 15 is 0 Å². The molecule has 0 aliphatic carbocycles. The monoisotopic (exact) mass is 368 g/mol. The van der Waals surface area contributed by atoms with Gasteiger partial charge in [-0.1, -0.05) is 0 Å². The van der Waals surface area contributed by atoms with Gasteiger partial charge in [0.15, 0.2) is 6.10 Å². The van der Waals surface area contributed by atoms with Crippen LogP contribution >= 0.6 is 0 Å².